The maximum atomic E-state index is 6.59. The molecule has 1 unspecified atom stereocenters. The molecule has 1 heteroatoms. The Hall–Kier alpha value is 0.290. The minimum absolute atomic E-state index is 0.468. The zero-order valence-electron chi connectivity index (χ0n) is 9.14. The molecule has 0 N–H and O–H groups in total. The summed E-state index contributed by atoms with van der Waals surface area (Å²) in [6, 6.07) is 0. The Morgan fingerprint density at radius 2 is 1.50 bits per heavy atom. The van der Waals surface area contributed by atoms with Crippen LogP contribution in [0.4, 0.5) is 0 Å². The number of halogens is 1. The molecule has 0 aromatic carbocycles. The van der Waals surface area contributed by atoms with Gasteiger partial charge in [-0.1, -0.05) is 6.92 Å². The fourth-order valence-corrected chi connectivity index (χ4v) is 5.26. The second-order valence-corrected chi connectivity index (χ2v) is 6.68. The highest BCUT2D eigenvalue weighted by Gasteiger charge is 2.53. The Morgan fingerprint density at radius 1 is 1.07 bits per heavy atom. The second kappa shape index (κ2) is 3.14. The smallest absolute Gasteiger partial charge is 0.0390 e. The molecule has 4 saturated carbocycles. The summed E-state index contributed by atoms with van der Waals surface area (Å²) in [5.41, 5.74) is 0.574. The molecular formula is C13H21Cl. The Morgan fingerprint density at radius 3 is 1.86 bits per heavy atom. The van der Waals surface area contributed by atoms with Gasteiger partial charge in [-0.3, -0.25) is 0 Å². The molecule has 1 atom stereocenters. The van der Waals surface area contributed by atoms with E-state index in [1.54, 1.807) is 0 Å². The monoisotopic (exact) mass is 212 g/mol. The fraction of sp³-hybridized carbons (Fsp3) is 1.00. The molecule has 0 spiro atoms. The lowest BCUT2D eigenvalue weighted by Gasteiger charge is -2.58. The van der Waals surface area contributed by atoms with Gasteiger partial charge in [0.05, 0.1) is 0 Å². The van der Waals surface area contributed by atoms with Crippen LogP contribution in [0.15, 0.2) is 0 Å². The van der Waals surface area contributed by atoms with Gasteiger partial charge in [-0.05, 0) is 68.1 Å². The van der Waals surface area contributed by atoms with Gasteiger partial charge < -0.3 is 0 Å². The van der Waals surface area contributed by atoms with E-state index in [0.29, 0.717) is 10.8 Å². The van der Waals surface area contributed by atoms with Crippen molar-refractivity contribution in [3.05, 3.63) is 0 Å². The van der Waals surface area contributed by atoms with E-state index < -0.39 is 0 Å². The van der Waals surface area contributed by atoms with Gasteiger partial charge in [0.1, 0.15) is 0 Å². The van der Waals surface area contributed by atoms with Crippen molar-refractivity contribution in [2.24, 2.45) is 23.2 Å². The first-order valence-electron chi connectivity index (χ1n) is 6.36. The lowest BCUT2D eigenvalue weighted by Crippen LogP contribution is -2.50. The van der Waals surface area contributed by atoms with E-state index in [1.165, 1.54) is 44.9 Å². The van der Waals surface area contributed by atoms with Crippen molar-refractivity contribution in [3.63, 3.8) is 0 Å². The predicted octanol–water partition coefficient (Wildman–Crippen LogP) is 4.22. The van der Waals surface area contributed by atoms with Crippen LogP contribution >= 0.6 is 11.6 Å². The summed E-state index contributed by atoms with van der Waals surface area (Å²) in [5, 5.41) is 0.468. The standard InChI is InChI=1S/C13H21Cl/c1-2-12(14)13-6-9-3-10(7-13)5-11(4-9)8-13/h9-12H,2-8H2,1H3. The zero-order valence-corrected chi connectivity index (χ0v) is 9.89. The second-order valence-electron chi connectivity index (χ2n) is 6.16. The molecule has 4 rings (SSSR count). The first-order chi connectivity index (χ1) is 6.72. The molecule has 0 nitrogen and oxygen atoms in total. The van der Waals surface area contributed by atoms with Crippen LogP contribution in [0, 0.1) is 23.2 Å². The third-order valence-corrected chi connectivity index (χ3v) is 5.88. The van der Waals surface area contributed by atoms with E-state index in [0.717, 1.165) is 17.8 Å². The van der Waals surface area contributed by atoms with Crippen LogP contribution in [-0.2, 0) is 0 Å². The maximum absolute atomic E-state index is 6.59. The third-order valence-electron chi connectivity index (χ3n) is 5.11. The van der Waals surface area contributed by atoms with Gasteiger partial charge in [-0.15, -0.1) is 11.6 Å². The average molecular weight is 213 g/mol. The van der Waals surface area contributed by atoms with Gasteiger partial charge in [-0.2, -0.15) is 0 Å². The van der Waals surface area contributed by atoms with Crippen LogP contribution < -0.4 is 0 Å². The fourth-order valence-electron chi connectivity index (χ4n) is 4.99. The van der Waals surface area contributed by atoms with Gasteiger partial charge >= 0.3 is 0 Å². The number of hydrogen-bond donors (Lipinski definition) is 0. The summed E-state index contributed by atoms with van der Waals surface area (Å²) in [5.74, 6) is 3.15. The van der Waals surface area contributed by atoms with Gasteiger partial charge in [0.25, 0.3) is 0 Å². The summed E-state index contributed by atoms with van der Waals surface area (Å²) >= 11 is 6.59. The number of rotatable bonds is 2. The Bertz CT molecular complexity index is 198. The summed E-state index contributed by atoms with van der Waals surface area (Å²) in [6.45, 7) is 2.26. The van der Waals surface area contributed by atoms with Crippen molar-refractivity contribution in [3.8, 4) is 0 Å². The molecule has 14 heavy (non-hydrogen) atoms. The minimum atomic E-state index is 0.468. The molecule has 4 aliphatic carbocycles. The minimum Gasteiger partial charge on any atom is -0.122 e. The van der Waals surface area contributed by atoms with Crippen molar-refractivity contribution in [1.82, 2.24) is 0 Å². The molecule has 4 aliphatic rings. The van der Waals surface area contributed by atoms with Gasteiger partial charge in [0.15, 0.2) is 0 Å². The molecule has 0 aromatic rings. The van der Waals surface area contributed by atoms with Crippen molar-refractivity contribution in [1.29, 1.82) is 0 Å². The van der Waals surface area contributed by atoms with E-state index in [4.69, 9.17) is 11.6 Å². The first kappa shape index (κ1) is 9.51. The van der Waals surface area contributed by atoms with Gasteiger partial charge in [-0.25, -0.2) is 0 Å². The molecule has 0 aliphatic heterocycles. The van der Waals surface area contributed by atoms with E-state index in [2.05, 4.69) is 6.92 Å². The summed E-state index contributed by atoms with van der Waals surface area (Å²) in [7, 11) is 0. The lowest BCUT2D eigenvalue weighted by molar-refractivity contribution is -0.0549. The highest BCUT2D eigenvalue weighted by molar-refractivity contribution is 6.21. The number of alkyl halides is 1. The molecule has 0 amide bonds. The van der Waals surface area contributed by atoms with E-state index >= 15 is 0 Å². The summed E-state index contributed by atoms with van der Waals surface area (Å²) in [6.07, 6.45) is 10.2. The topological polar surface area (TPSA) is 0 Å². The predicted molar refractivity (Wildman–Crippen MR) is 60.5 cm³/mol. The molecule has 0 saturated heterocycles. The first-order valence-corrected chi connectivity index (χ1v) is 6.79. The van der Waals surface area contributed by atoms with Crippen LogP contribution in [0.25, 0.3) is 0 Å². The molecule has 80 valence electrons. The SMILES string of the molecule is CCC(Cl)C12CC3CC(CC(C3)C1)C2. The lowest BCUT2D eigenvalue weighted by atomic mass is 9.48. The third kappa shape index (κ3) is 1.26. The van der Waals surface area contributed by atoms with Crippen molar-refractivity contribution in [2.45, 2.75) is 57.2 Å². The highest BCUT2D eigenvalue weighted by atomic mass is 35.5. The molecule has 0 aromatic heterocycles. The normalized spacial score (nSPS) is 52.3. The van der Waals surface area contributed by atoms with Crippen molar-refractivity contribution in [2.75, 3.05) is 0 Å². The Labute approximate surface area is 92.4 Å². The molecule has 4 fully saturated rings. The molecular weight excluding hydrogens is 192 g/mol. The van der Waals surface area contributed by atoms with Crippen molar-refractivity contribution >= 4 is 11.6 Å². The van der Waals surface area contributed by atoms with Gasteiger partial charge in [0, 0.05) is 5.38 Å². The van der Waals surface area contributed by atoms with E-state index in [9.17, 15) is 0 Å². The largest absolute Gasteiger partial charge is 0.122 e. The van der Waals surface area contributed by atoms with Crippen LogP contribution in [0.3, 0.4) is 0 Å². The van der Waals surface area contributed by atoms with Gasteiger partial charge in [0.2, 0.25) is 0 Å². The molecule has 4 bridgehead atoms. The Kier molecular flexibility index (Phi) is 2.13. The van der Waals surface area contributed by atoms with E-state index in [1.807, 2.05) is 0 Å². The highest BCUT2D eigenvalue weighted by Crippen LogP contribution is 2.62. The van der Waals surface area contributed by atoms with Crippen LogP contribution in [0.1, 0.15) is 51.9 Å². The van der Waals surface area contributed by atoms with Crippen molar-refractivity contribution < 1.29 is 0 Å². The van der Waals surface area contributed by atoms with E-state index in [-0.39, 0.29) is 0 Å². The quantitative estimate of drug-likeness (QED) is 0.602. The van der Waals surface area contributed by atoms with Crippen LogP contribution in [-0.4, -0.2) is 5.38 Å². The molecule has 0 heterocycles. The number of hydrogen-bond acceptors (Lipinski definition) is 0. The average Bonchev–Trinajstić information content (AvgIpc) is 2.14. The molecule has 0 radical (unpaired) electrons. The Balaban J connectivity index is 1.87. The van der Waals surface area contributed by atoms with Crippen LogP contribution in [0.5, 0.6) is 0 Å². The summed E-state index contributed by atoms with van der Waals surface area (Å²) < 4.78 is 0. The zero-order chi connectivity index (χ0) is 9.76. The summed E-state index contributed by atoms with van der Waals surface area (Å²) in [4.78, 5) is 0. The maximum Gasteiger partial charge on any atom is 0.0390 e. The van der Waals surface area contributed by atoms with Crippen LogP contribution in [0.2, 0.25) is 0 Å².